The summed E-state index contributed by atoms with van der Waals surface area (Å²) >= 11 is 5.93. The lowest BCUT2D eigenvalue weighted by Crippen LogP contribution is -2.36. The Kier molecular flexibility index (Phi) is 4.45. The number of aliphatic carboxylic acids is 1. The number of hydrogen-bond donors (Lipinski definition) is 3. The zero-order valence-electron chi connectivity index (χ0n) is 9.28. The van der Waals surface area contributed by atoms with Crippen LogP contribution >= 0.6 is 11.6 Å². The van der Waals surface area contributed by atoms with Crippen LogP contribution in [0.15, 0.2) is 12.1 Å². The van der Waals surface area contributed by atoms with Crippen molar-refractivity contribution < 1.29 is 14.3 Å². The molecule has 0 spiro atoms. The lowest BCUT2D eigenvalue weighted by molar-refractivity contribution is -0.137. The maximum atomic E-state index is 13.4. The molecule has 0 bridgehead atoms. The SMILES string of the molecule is Cc1cc(Cl)c(C(N)C(N)CC(=O)O)cc1F. The van der Waals surface area contributed by atoms with E-state index in [4.69, 9.17) is 28.2 Å². The minimum absolute atomic E-state index is 0.289. The van der Waals surface area contributed by atoms with E-state index in [1.807, 2.05) is 0 Å². The summed E-state index contributed by atoms with van der Waals surface area (Å²) in [6.45, 7) is 1.58. The van der Waals surface area contributed by atoms with Crippen LogP contribution in [0.3, 0.4) is 0 Å². The van der Waals surface area contributed by atoms with Gasteiger partial charge in [-0.05, 0) is 30.2 Å². The Morgan fingerprint density at radius 3 is 2.65 bits per heavy atom. The van der Waals surface area contributed by atoms with Crippen molar-refractivity contribution in [1.29, 1.82) is 0 Å². The van der Waals surface area contributed by atoms with Gasteiger partial charge in [-0.3, -0.25) is 4.79 Å². The third-order valence-electron chi connectivity index (χ3n) is 2.51. The van der Waals surface area contributed by atoms with Crippen LogP contribution in [0.1, 0.15) is 23.6 Å². The van der Waals surface area contributed by atoms with Gasteiger partial charge in [0, 0.05) is 17.1 Å². The van der Waals surface area contributed by atoms with Crippen molar-refractivity contribution in [1.82, 2.24) is 0 Å². The monoisotopic (exact) mass is 260 g/mol. The average molecular weight is 261 g/mol. The highest BCUT2D eigenvalue weighted by molar-refractivity contribution is 6.31. The number of carbonyl (C=O) groups is 1. The minimum Gasteiger partial charge on any atom is -0.481 e. The van der Waals surface area contributed by atoms with Gasteiger partial charge in [0.15, 0.2) is 0 Å². The number of aryl methyl sites for hydroxylation is 1. The maximum Gasteiger partial charge on any atom is 0.304 e. The molecule has 0 aliphatic heterocycles. The lowest BCUT2D eigenvalue weighted by Gasteiger charge is -2.20. The molecule has 0 radical (unpaired) electrons. The fourth-order valence-corrected chi connectivity index (χ4v) is 1.82. The number of halogens is 2. The third-order valence-corrected chi connectivity index (χ3v) is 2.84. The molecule has 94 valence electrons. The molecule has 1 rings (SSSR count). The molecule has 0 aromatic heterocycles. The number of carboxylic acids is 1. The van der Waals surface area contributed by atoms with Gasteiger partial charge in [0.2, 0.25) is 0 Å². The highest BCUT2D eigenvalue weighted by Gasteiger charge is 2.21. The molecular weight excluding hydrogens is 247 g/mol. The van der Waals surface area contributed by atoms with Gasteiger partial charge >= 0.3 is 5.97 Å². The van der Waals surface area contributed by atoms with E-state index >= 15 is 0 Å². The summed E-state index contributed by atoms with van der Waals surface area (Å²) in [6.07, 6.45) is -0.299. The van der Waals surface area contributed by atoms with E-state index in [9.17, 15) is 9.18 Å². The second-order valence-corrected chi connectivity index (χ2v) is 4.32. The molecule has 5 N–H and O–H groups in total. The summed E-state index contributed by atoms with van der Waals surface area (Å²) in [6, 6.07) is 1.02. The van der Waals surface area contributed by atoms with Crippen molar-refractivity contribution in [3.8, 4) is 0 Å². The quantitative estimate of drug-likeness (QED) is 0.767. The molecule has 0 fully saturated rings. The van der Waals surface area contributed by atoms with Crippen LogP contribution < -0.4 is 11.5 Å². The van der Waals surface area contributed by atoms with Crippen LogP contribution in [0, 0.1) is 12.7 Å². The molecule has 0 saturated carbocycles. The normalized spacial score (nSPS) is 14.4. The number of rotatable bonds is 4. The van der Waals surface area contributed by atoms with Crippen molar-refractivity contribution in [3.05, 3.63) is 34.1 Å². The Balaban J connectivity index is 2.99. The first-order chi connectivity index (χ1) is 7.82. The summed E-state index contributed by atoms with van der Waals surface area (Å²) in [5, 5.41) is 8.89. The molecule has 0 aliphatic rings. The fourth-order valence-electron chi connectivity index (χ4n) is 1.48. The topological polar surface area (TPSA) is 89.3 Å². The second-order valence-electron chi connectivity index (χ2n) is 3.91. The summed E-state index contributed by atoms with van der Waals surface area (Å²) in [5.74, 6) is -1.50. The summed E-state index contributed by atoms with van der Waals surface area (Å²) in [5.41, 5.74) is 12.1. The molecule has 0 aliphatic carbocycles. The smallest absolute Gasteiger partial charge is 0.304 e. The Morgan fingerprint density at radius 2 is 2.12 bits per heavy atom. The van der Waals surface area contributed by atoms with Gasteiger partial charge in [-0.25, -0.2) is 4.39 Å². The predicted molar refractivity (Wildman–Crippen MR) is 63.3 cm³/mol. The van der Waals surface area contributed by atoms with E-state index in [2.05, 4.69) is 0 Å². The summed E-state index contributed by atoms with van der Waals surface area (Å²) in [7, 11) is 0. The first kappa shape index (κ1) is 13.9. The van der Waals surface area contributed by atoms with Crippen LogP contribution in [0.5, 0.6) is 0 Å². The van der Waals surface area contributed by atoms with Gasteiger partial charge in [-0.1, -0.05) is 11.6 Å². The van der Waals surface area contributed by atoms with Crippen molar-refractivity contribution in [2.24, 2.45) is 11.5 Å². The highest BCUT2D eigenvalue weighted by Crippen LogP contribution is 2.26. The highest BCUT2D eigenvalue weighted by atomic mass is 35.5. The third kappa shape index (κ3) is 3.39. The number of hydrogen-bond acceptors (Lipinski definition) is 3. The zero-order valence-corrected chi connectivity index (χ0v) is 10.0. The number of nitrogens with two attached hydrogens (primary N) is 2. The summed E-state index contributed by atoms with van der Waals surface area (Å²) in [4.78, 5) is 10.5. The summed E-state index contributed by atoms with van der Waals surface area (Å²) < 4.78 is 13.4. The molecule has 0 saturated heterocycles. The van der Waals surface area contributed by atoms with Crippen molar-refractivity contribution in [2.75, 3.05) is 0 Å². The Labute approximate surface area is 103 Å². The van der Waals surface area contributed by atoms with Crippen LogP contribution in [-0.4, -0.2) is 17.1 Å². The standard InChI is InChI=1S/C11H14ClFN2O2/c1-5-2-7(12)6(3-8(5)13)11(15)9(14)4-10(16)17/h2-3,9,11H,4,14-15H2,1H3,(H,16,17). The molecule has 1 aromatic carbocycles. The number of carboxylic acid groups (broad SMARTS) is 1. The minimum atomic E-state index is -1.06. The largest absolute Gasteiger partial charge is 0.481 e. The Bertz CT molecular complexity index is 440. The number of benzene rings is 1. The first-order valence-electron chi connectivity index (χ1n) is 5.01. The van der Waals surface area contributed by atoms with Crippen LogP contribution in [0.2, 0.25) is 5.02 Å². The van der Waals surface area contributed by atoms with Gasteiger partial charge in [-0.2, -0.15) is 0 Å². The van der Waals surface area contributed by atoms with Gasteiger partial charge in [0.05, 0.1) is 6.42 Å². The van der Waals surface area contributed by atoms with Crippen LogP contribution in [-0.2, 0) is 4.79 Å². The molecule has 1 aromatic rings. The van der Waals surface area contributed by atoms with E-state index in [0.717, 1.165) is 0 Å². The zero-order chi connectivity index (χ0) is 13.2. The molecule has 0 heterocycles. The van der Waals surface area contributed by atoms with Gasteiger partial charge in [-0.15, -0.1) is 0 Å². The van der Waals surface area contributed by atoms with E-state index in [0.29, 0.717) is 11.1 Å². The Hall–Kier alpha value is -1.17. The molecular formula is C11H14ClFN2O2. The van der Waals surface area contributed by atoms with Crippen LogP contribution in [0.4, 0.5) is 4.39 Å². The van der Waals surface area contributed by atoms with Gasteiger partial charge in [0.25, 0.3) is 0 Å². The lowest BCUT2D eigenvalue weighted by atomic mass is 9.97. The van der Waals surface area contributed by atoms with Crippen molar-refractivity contribution >= 4 is 17.6 Å². The second kappa shape index (κ2) is 5.44. The molecule has 4 nitrogen and oxygen atoms in total. The molecule has 6 heteroatoms. The Morgan fingerprint density at radius 1 is 1.53 bits per heavy atom. The molecule has 2 atom stereocenters. The molecule has 17 heavy (non-hydrogen) atoms. The molecule has 2 unspecified atom stereocenters. The van der Waals surface area contributed by atoms with Crippen LogP contribution in [0.25, 0.3) is 0 Å². The van der Waals surface area contributed by atoms with Gasteiger partial charge in [0.1, 0.15) is 5.82 Å². The van der Waals surface area contributed by atoms with E-state index in [1.165, 1.54) is 12.1 Å². The fraction of sp³-hybridized carbons (Fsp3) is 0.364. The van der Waals surface area contributed by atoms with Crippen molar-refractivity contribution in [2.45, 2.75) is 25.4 Å². The van der Waals surface area contributed by atoms with Crippen molar-refractivity contribution in [3.63, 3.8) is 0 Å². The predicted octanol–water partition coefficient (Wildman–Crippen LogP) is 1.59. The first-order valence-corrected chi connectivity index (χ1v) is 5.39. The van der Waals surface area contributed by atoms with E-state index in [1.54, 1.807) is 6.92 Å². The average Bonchev–Trinajstić information content (AvgIpc) is 2.21. The maximum absolute atomic E-state index is 13.4. The molecule has 0 amide bonds. The van der Waals surface area contributed by atoms with Gasteiger partial charge < -0.3 is 16.6 Å². The van der Waals surface area contributed by atoms with E-state index in [-0.39, 0.29) is 11.4 Å². The van der Waals surface area contributed by atoms with E-state index < -0.39 is 23.9 Å².